The van der Waals surface area contributed by atoms with E-state index in [1.807, 2.05) is 47.4 Å². The number of fused-ring (bicyclic) bond motifs is 1. The minimum Gasteiger partial charge on any atom is -0.454 e. The van der Waals surface area contributed by atoms with Gasteiger partial charge in [0.25, 0.3) is 0 Å². The fraction of sp³-hybridized carbons (Fsp3) is 0.182. The number of nitrogens with one attached hydrogen (secondary N) is 2. The van der Waals surface area contributed by atoms with Crippen LogP contribution in [0.1, 0.15) is 16.7 Å². The Hall–Kier alpha value is -3.58. The summed E-state index contributed by atoms with van der Waals surface area (Å²) in [4.78, 5) is 0. The van der Waals surface area contributed by atoms with Gasteiger partial charge in [0.1, 0.15) is 0 Å². The van der Waals surface area contributed by atoms with Crippen LogP contribution in [0.5, 0.6) is 11.5 Å². The van der Waals surface area contributed by atoms with E-state index in [-0.39, 0.29) is 6.79 Å². The van der Waals surface area contributed by atoms with Gasteiger partial charge < -0.3 is 14.8 Å². The summed E-state index contributed by atoms with van der Waals surface area (Å²) in [5.41, 5.74) is 6.51. The monoisotopic (exact) mass is 387 g/mol. The second-order valence-corrected chi connectivity index (χ2v) is 7.02. The van der Waals surface area contributed by atoms with Gasteiger partial charge in [0.2, 0.25) is 6.79 Å². The van der Waals surface area contributed by atoms with Crippen molar-refractivity contribution >= 4 is 0 Å². The van der Waals surface area contributed by atoms with Crippen LogP contribution >= 0.6 is 0 Å². The van der Waals surface area contributed by atoms with Crippen molar-refractivity contribution in [2.75, 3.05) is 6.79 Å². The molecule has 146 valence electrons. The lowest BCUT2D eigenvalue weighted by molar-refractivity contribution is 0.174. The average Bonchev–Trinajstić information content (AvgIpc) is 3.48. The van der Waals surface area contributed by atoms with Gasteiger partial charge in [-0.05, 0) is 36.8 Å². The predicted molar refractivity (Wildman–Crippen MR) is 109 cm³/mol. The molecule has 7 heteroatoms. The molecular weight excluding hydrogens is 366 g/mol. The van der Waals surface area contributed by atoms with Crippen molar-refractivity contribution in [2.45, 2.75) is 20.0 Å². The molecule has 0 aliphatic carbocycles. The molecule has 0 radical (unpaired) electrons. The quantitative estimate of drug-likeness (QED) is 0.529. The van der Waals surface area contributed by atoms with Crippen LogP contribution in [0, 0.1) is 6.92 Å². The van der Waals surface area contributed by atoms with Gasteiger partial charge in [0, 0.05) is 36.0 Å². The average molecular weight is 387 g/mol. The molecule has 2 N–H and O–H groups in total. The second kappa shape index (κ2) is 7.44. The van der Waals surface area contributed by atoms with Gasteiger partial charge in [0.15, 0.2) is 11.5 Å². The smallest absolute Gasteiger partial charge is 0.231 e. The highest BCUT2D eigenvalue weighted by molar-refractivity contribution is 5.66. The number of hydrogen-bond donors (Lipinski definition) is 2. The molecule has 0 bridgehead atoms. The van der Waals surface area contributed by atoms with E-state index >= 15 is 0 Å². The molecule has 0 atom stereocenters. The van der Waals surface area contributed by atoms with Crippen LogP contribution < -0.4 is 14.8 Å². The highest BCUT2D eigenvalue weighted by Crippen LogP contribution is 2.36. The Morgan fingerprint density at radius 3 is 2.90 bits per heavy atom. The van der Waals surface area contributed by atoms with E-state index in [9.17, 15) is 0 Å². The number of nitrogens with zero attached hydrogens (tertiary/aromatic N) is 3. The first-order valence-electron chi connectivity index (χ1n) is 9.50. The number of aryl methyl sites for hydroxylation is 1. The highest BCUT2D eigenvalue weighted by Gasteiger charge is 2.16. The maximum atomic E-state index is 5.48. The topological polar surface area (TPSA) is 77.0 Å². The normalized spacial score (nSPS) is 12.4. The summed E-state index contributed by atoms with van der Waals surface area (Å²) in [5, 5.41) is 15.3. The molecule has 0 amide bonds. The minimum absolute atomic E-state index is 0.270. The number of rotatable bonds is 6. The Balaban J connectivity index is 1.26. The number of aromatic nitrogens is 4. The Bertz CT molecular complexity index is 1150. The molecule has 0 unspecified atom stereocenters. The molecule has 4 aromatic rings. The lowest BCUT2D eigenvalue weighted by atomic mass is 10.1. The van der Waals surface area contributed by atoms with E-state index in [2.05, 4.69) is 45.9 Å². The molecule has 2 aromatic carbocycles. The molecule has 1 aliphatic heterocycles. The van der Waals surface area contributed by atoms with Crippen LogP contribution in [0.3, 0.4) is 0 Å². The molecule has 7 nitrogen and oxygen atoms in total. The maximum Gasteiger partial charge on any atom is 0.231 e. The van der Waals surface area contributed by atoms with Crippen molar-refractivity contribution in [3.8, 4) is 28.4 Å². The molecule has 0 saturated carbocycles. The Morgan fingerprint density at radius 1 is 1.07 bits per heavy atom. The summed E-state index contributed by atoms with van der Waals surface area (Å²) < 4.78 is 12.8. The fourth-order valence-corrected chi connectivity index (χ4v) is 3.49. The molecule has 29 heavy (non-hydrogen) atoms. The summed E-state index contributed by atoms with van der Waals surface area (Å²) >= 11 is 0. The molecule has 0 fully saturated rings. The van der Waals surface area contributed by atoms with Crippen LogP contribution in [0.4, 0.5) is 0 Å². The largest absolute Gasteiger partial charge is 0.454 e. The lowest BCUT2D eigenvalue weighted by Gasteiger charge is -2.06. The van der Waals surface area contributed by atoms with E-state index < -0.39 is 0 Å². The van der Waals surface area contributed by atoms with E-state index in [0.717, 1.165) is 46.1 Å². The van der Waals surface area contributed by atoms with Crippen molar-refractivity contribution in [3.05, 3.63) is 77.7 Å². The van der Waals surface area contributed by atoms with E-state index in [4.69, 9.17) is 9.47 Å². The standard InChI is InChI=1S/C22H21N5O2/c1-15-4-2-3-5-19(15)27-13-16(10-25-27)9-23-11-18-12-24-26-22(18)17-6-7-20-21(8-17)29-14-28-20/h2-8,10,12-13,23H,9,11,14H2,1H3,(H,24,26). The maximum absolute atomic E-state index is 5.48. The molecular formula is C22H21N5O2. The van der Waals surface area contributed by atoms with Gasteiger partial charge >= 0.3 is 0 Å². The number of ether oxygens (including phenoxy) is 2. The molecule has 0 saturated heterocycles. The molecule has 2 aromatic heterocycles. The zero-order valence-corrected chi connectivity index (χ0v) is 16.1. The van der Waals surface area contributed by atoms with Gasteiger partial charge in [-0.1, -0.05) is 18.2 Å². The number of benzene rings is 2. The van der Waals surface area contributed by atoms with Gasteiger partial charge in [-0.25, -0.2) is 4.68 Å². The first-order chi connectivity index (χ1) is 14.3. The third kappa shape index (κ3) is 3.48. The molecule has 1 aliphatic rings. The van der Waals surface area contributed by atoms with Crippen LogP contribution in [-0.4, -0.2) is 26.8 Å². The van der Waals surface area contributed by atoms with Crippen molar-refractivity contribution in [2.24, 2.45) is 0 Å². The number of para-hydroxylation sites is 1. The number of hydrogen-bond acceptors (Lipinski definition) is 5. The number of H-pyrrole nitrogens is 1. The highest BCUT2D eigenvalue weighted by atomic mass is 16.7. The van der Waals surface area contributed by atoms with Crippen molar-refractivity contribution in [1.82, 2.24) is 25.3 Å². The predicted octanol–water partition coefficient (Wildman–Crippen LogP) is 3.59. The number of aromatic amines is 1. The summed E-state index contributed by atoms with van der Waals surface area (Å²) in [6.45, 7) is 3.77. The summed E-state index contributed by atoms with van der Waals surface area (Å²) in [6.07, 6.45) is 5.81. The van der Waals surface area contributed by atoms with Crippen molar-refractivity contribution in [3.63, 3.8) is 0 Å². The molecule has 5 rings (SSSR count). The van der Waals surface area contributed by atoms with Crippen molar-refractivity contribution < 1.29 is 9.47 Å². The Labute approximate surface area is 168 Å². The van der Waals surface area contributed by atoms with Crippen LogP contribution in [-0.2, 0) is 13.1 Å². The summed E-state index contributed by atoms with van der Waals surface area (Å²) in [6, 6.07) is 14.1. The van der Waals surface area contributed by atoms with Gasteiger partial charge in [-0.15, -0.1) is 0 Å². The van der Waals surface area contributed by atoms with E-state index in [1.54, 1.807) is 0 Å². The Kier molecular flexibility index (Phi) is 4.50. The van der Waals surface area contributed by atoms with Gasteiger partial charge in [0.05, 0.1) is 23.8 Å². The third-order valence-corrected chi connectivity index (χ3v) is 5.02. The van der Waals surface area contributed by atoms with E-state index in [0.29, 0.717) is 6.54 Å². The van der Waals surface area contributed by atoms with Crippen LogP contribution in [0.2, 0.25) is 0 Å². The minimum atomic E-state index is 0.270. The first-order valence-corrected chi connectivity index (χ1v) is 9.50. The lowest BCUT2D eigenvalue weighted by Crippen LogP contribution is -2.12. The second-order valence-electron chi connectivity index (χ2n) is 7.02. The first kappa shape index (κ1) is 17.5. The summed E-state index contributed by atoms with van der Waals surface area (Å²) in [7, 11) is 0. The zero-order chi connectivity index (χ0) is 19.6. The van der Waals surface area contributed by atoms with E-state index in [1.165, 1.54) is 5.56 Å². The van der Waals surface area contributed by atoms with Crippen LogP contribution in [0.15, 0.2) is 61.1 Å². The fourth-order valence-electron chi connectivity index (χ4n) is 3.49. The van der Waals surface area contributed by atoms with Crippen LogP contribution in [0.25, 0.3) is 16.9 Å². The Morgan fingerprint density at radius 2 is 1.97 bits per heavy atom. The summed E-state index contributed by atoms with van der Waals surface area (Å²) in [5.74, 6) is 1.54. The van der Waals surface area contributed by atoms with Gasteiger partial charge in [-0.2, -0.15) is 10.2 Å². The van der Waals surface area contributed by atoms with Crippen molar-refractivity contribution in [1.29, 1.82) is 0 Å². The SMILES string of the molecule is Cc1ccccc1-n1cc(CNCc2cn[nH]c2-c2ccc3c(c2)OCO3)cn1. The third-order valence-electron chi connectivity index (χ3n) is 5.02. The molecule has 3 heterocycles. The molecule has 0 spiro atoms. The zero-order valence-electron chi connectivity index (χ0n) is 16.1. The van der Waals surface area contributed by atoms with Gasteiger partial charge in [-0.3, -0.25) is 5.10 Å².